The van der Waals surface area contributed by atoms with E-state index < -0.39 is 11.6 Å². The minimum absolute atomic E-state index is 0.419. The van der Waals surface area contributed by atoms with Crippen molar-refractivity contribution in [3.63, 3.8) is 0 Å². The molecule has 1 aromatic rings. The normalized spacial score (nSPS) is 15.5. The number of nitrogens with zero attached hydrogens (tertiary/aromatic N) is 3. The third-order valence-electron chi connectivity index (χ3n) is 3.39. The number of ether oxygens (including phenoxy) is 1. The number of carboxylic acid groups (broad SMARTS) is 1. The van der Waals surface area contributed by atoms with E-state index in [2.05, 4.69) is 36.1 Å². The van der Waals surface area contributed by atoms with Crippen LogP contribution in [0.4, 0.5) is 10.6 Å². The molecule has 1 fully saturated rings. The number of rotatable bonds is 5. The van der Waals surface area contributed by atoms with Crippen molar-refractivity contribution >= 4 is 27.8 Å². The molecule has 0 saturated carbocycles. The fourth-order valence-corrected chi connectivity index (χ4v) is 2.90. The van der Waals surface area contributed by atoms with Crippen molar-refractivity contribution in [2.45, 2.75) is 25.8 Å². The Morgan fingerprint density at radius 1 is 1.62 bits per heavy atom. The van der Waals surface area contributed by atoms with Crippen LogP contribution in [0.3, 0.4) is 0 Å². The summed E-state index contributed by atoms with van der Waals surface area (Å²) >= 11 is 3.26. The molecule has 0 aliphatic carbocycles. The number of nitrogens with one attached hydrogen (secondary N) is 1. The van der Waals surface area contributed by atoms with Crippen LogP contribution in [0.5, 0.6) is 5.88 Å². The Bertz CT molecular complexity index is 532. The molecule has 0 atom stereocenters. The van der Waals surface area contributed by atoms with Crippen molar-refractivity contribution in [1.82, 2.24) is 15.3 Å². The third kappa shape index (κ3) is 3.96. The number of amides is 1. The van der Waals surface area contributed by atoms with Crippen LogP contribution in [0.2, 0.25) is 0 Å². The van der Waals surface area contributed by atoms with Gasteiger partial charge in [-0.1, -0.05) is 0 Å². The molecule has 0 radical (unpaired) electrons. The average Bonchev–Trinajstić information content (AvgIpc) is 2.32. The number of hydrogen-bond acceptors (Lipinski definition) is 5. The molecule has 0 bridgehead atoms. The van der Waals surface area contributed by atoms with E-state index in [1.165, 1.54) is 0 Å². The zero-order chi connectivity index (χ0) is 15.6. The molecule has 8 heteroatoms. The van der Waals surface area contributed by atoms with Crippen LogP contribution >= 0.6 is 15.9 Å². The Labute approximate surface area is 131 Å². The van der Waals surface area contributed by atoms with Crippen molar-refractivity contribution in [3.05, 3.63) is 10.8 Å². The van der Waals surface area contributed by atoms with Crippen LogP contribution < -0.4 is 15.0 Å². The van der Waals surface area contributed by atoms with Gasteiger partial charge in [-0.3, -0.25) is 0 Å². The first-order valence-corrected chi connectivity index (χ1v) is 7.42. The third-order valence-corrected chi connectivity index (χ3v) is 3.77. The second-order valence-corrected chi connectivity index (χ2v) is 6.63. The predicted octanol–water partition coefficient (Wildman–Crippen LogP) is 2.12. The molecular formula is C13H19BrN4O3. The number of hydrogen-bond donors (Lipinski definition) is 2. The molecule has 0 spiro atoms. The molecule has 1 aliphatic rings. The second kappa shape index (κ2) is 6.05. The van der Waals surface area contributed by atoms with Gasteiger partial charge in [-0.2, -0.15) is 0 Å². The van der Waals surface area contributed by atoms with Crippen LogP contribution in [0, 0.1) is 5.92 Å². The highest BCUT2D eigenvalue weighted by Crippen LogP contribution is 2.33. The lowest BCUT2D eigenvalue weighted by atomic mass is 9.85. The summed E-state index contributed by atoms with van der Waals surface area (Å²) in [6.07, 6.45) is 1.43. The lowest BCUT2D eigenvalue weighted by Crippen LogP contribution is -2.53. The maximum Gasteiger partial charge on any atom is 0.405 e. The summed E-state index contributed by atoms with van der Waals surface area (Å²) in [6.45, 7) is 5.42. The first kappa shape index (κ1) is 15.8. The van der Waals surface area contributed by atoms with Gasteiger partial charge in [0.15, 0.2) is 5.82 Å². The summed E-state index contributed by atoms with van der Waals surface area (Å²) in [6, 6.07) is 0. The van der Waals surface area contributed by atoms with E-state index in [0.717, 1.165) is 25.3 Å². The highest BCUT2D eigenvalue weighted by Gasteiger charge is 2.35. The van der Waals surface area contributed by atoms with Gasteiger partial charge in [0, 0.05) is 18.6 Å². The fourth-order valence-electron chi connectivity index (χ4n) is 2.63. The van der Waals surface area contributed by atoms with E-state index in [9.17, 15) is 4.79 Å². The lowest BCUT2D eigenvalue weighted by molar-refractivity contribution is 0.173. The molecule has 1 amide bonds. The van der Waals surface area contributed by atoms with Gasteiger partial charge in [0.2, 0.25) is 0 Å². The van der Waals surface area contributed by atoms with Crippen LogP contribution in [-0.2, 0) is 0 Å². The second-order valence-electron chi connectivity index (χ2n) is 5.81. The molecule has 1 saturated heterocycles. The van der Waals surface area contributed by atoms with Gasteiger partial charge in [0.25, 0.3) is 5.88 Å². The SMILES string of the molecule is COc1nc(Br)cnc1N1CC(CC(C)(C)NC(=O)O)C1. The topological polar surface area (TPSA) is 87.6 Å². The number of anilines is 1. The summed E-state index contributed by atoms with van der Waals surface area (Å²) in [5, 5.41) is 11.4. The van der Waals surface area contributed by atoms with Gasteiger partial charge in [0.1, 0.15) is 4.60 Å². The van der Waals surface area contributed by atoms with Crippen molar-refractivity contribution in [2.75, 3.05) is 25.1 Å². The number of aromatic nitrogens is 2. The molecule has 0 unspecified atom stereocenters. The number of halogens is 1. The van der Waals surface area contributed by atoms with Crippen molar-refractivity contribution in [3.8, 4) is 5.88 Å². The fraction of sp³-hybridized carbons (Fsp3) is 0.615. The minimum atomic E-state index is -0.989. The van der Waals surface area contributed by atoms with Crippen LogP contribution in [0.15, 0.2) is 10.8 Å². The molecule has 2 N–H and O–H groups in total. The summed E-state index contributed by atoms with van der Waals surface area (Å²) in [4.78, 5) is 21.4. The molecule has 2 heterocycles. The summed E-state index contributed by atoms with van der Waals surface area (Å²) in [5.74, 6) is 1.63. The van der Waals surface area contributed by atoms with Crippen molar-refractivity contribution in [2.24, 2.45) is 5.92 Å². The standard InChI is InChI=1S/C13H19BrN4O3/c1-13(2,17-12(19)20)4-8-6-18(7-8)10-11(21-3)16-9(14)5-15-10/h5,8,17H,4,6-7H2,1-3H3,(H,19,20). The van der Waals surface area contributed by atoms with Gasteiger partial charge in [-0.05, 0) is 42.1 Å². The Hall–Kier alpha value is -1.57. The molecular weight excluding hydrogens is 340 g/mol. The molecule has 7 nitrogen and oxygen atoms in total. The van der Waals surface area contributed by atoms with E-state index in [0.29, 0.717) is 16.4 Å². The highest BCUT2D eigenvalue weighted by atomic mass is 79.9. The maximum atomic E-state index is 10.7. The van der Waals surface area contributed by atoms with Crippen LogP contribution in [0.1, 0.15) is 20.3 Å². The van der Waals surface area contributed by atoms with Gasteiger partial charge in [-0.25, -0.2) is 14.8 Å². The quantitative estimate of drug-likeness (QED) is 0.838. The van der Waals surface area contributed by atoms with E-state index in [4.69, 9.17) is 9.84 Å². The average molecular weight is 359 g/mol. The Morgan fingerprint density at radius 3 is 2.86 bits per heavy atom. The molecule has 1 aliphatic heterocycles. The van der Waals surface area contributed by atoms with Gasteiger partial charge < -0.3 is 20.1 Å². The number of methoxy groups -OCH3 is 1. The van der Waals surface area contributed by atoms with E-state index in [1.54, 1.807) is 13.3 Å². The molecule has 1 aromatic heterocycles. The summed E-state index contributed by atoms with van der Waals surface area (Å²) in [5.41, 5.74) is -0.432. The van der Waals surface area contributed by atoms with Gasteiger partial charge in [-0.15, -0.1) is 0 Å². The number of carbonyl (C=O) groups is 1. The molecule has 116 valence electrons. The summed E-state index contributed by atoms with van der Waals surface area (Å²) in [7, 11) is 1.57. The molecule has 21 heavy (non-hydrogen) atoms. The predicted molar refractivity (Wildman–Crippen MR) is 81.8 cm³/mol. The zero-order valence-corrected chi connectivity index (χ0v) is 13.8. The van der Waals surface area contributed by atoms with E-state index in [-0.39, 0.29) is 0 Å². The highest BCUT2D eigenvalue weighted by molar-refractivity contribution is 9.10. The van der Waals surface area contributed by atoms with Crippen molar-refractivity contribution < 1.29 is 14.6 Å². The van der Waals surface area contributed by atoms with Gasteiger partial charge >= 0.3 is 6.09 Å². The largest absolute Gasteiger partial charge is 0.478 e. The van der Waals surface area contributed by atoms with Crippen LogP contribution in [0.25, 0.3) is 0 Å². The van der Waals surface area contributed by atoms with Gasteiger partial charge in [0.05, 0.1) is 13.3 Å². The smallest absolute Gasteiger partial charge is 0.405 e. The first-order chi connectivity index (χ1) is 9.80. The minimum Gasteiger partial charge on any atom is -0.478 e. The van der Waals surface area contributed by atoms with Crippen LogP contribution in [-0.4, -0.2) is 46.9 Å². The van der Waals surface area contributed by atoms with E-state index in [1.807, 2.05) is 13.8 Å². The monoisotopic (exact) mass is 358 g/mol. The van der Waals surface area contributed by atoms with Crippen molar-refractivity contribution in [1.29, 1.82) is 0 Å². The maximum absolute atomic E-state index is 10.7. The first-order valence-electron chi connectivity index (χ1n) is 6.63. The Balaban J connectivity index is 1.94. The molecule has 2 rings (SSSR count). The molecule has 0 aromatic carbocycles. The van der Waals surface area contributed by atoms with E-state index >= 15 is 0 Å². The lowest BCUT2D eigenvalue weighted by Gasteiger charge is -2.43. The summed E-state index contributed by atoms with van der Waals surface area (Å²) < 4.78 is 5.87. The zero-order valence-electron chi connectivity index (χ0n) is 12.3. The Kier molecular flexibility index (Phi) is 4.55. The Morgan fingerprint density at radius 2 is 2.29 bits per heavy atom.